The van der Waals surface area contributed by atoms with Crippen LogP contribution in [0.1, 0.15) is 25.8 Å². The summed E-state index contributed by atoms with van der Waals surface area (Å²) >= 11 is 0. The monoisotopic (exact) mass is 271 g/mol. The number of anilines is 2. The van der Waals surface area contributed by atoms with Gasteiger partial charge in [0.15, 0.2) is 0 Å². The first-order valence-corrected chi connectivity index (χ1v) is 6.84. The van der Waals surface area contributed by atoms with E-state index >= 15 is 0 Å². The van der Waals surface area contributed by atoms with Crippen molar-refractivity contribution < 1.29 is 4.79 Å². The molecule has 0 heterocycles. The maximum atomic E-state index is 11.7. The fourth-order valence-corrected chi connectivity index (χ4v) is 2.34. The molecule has 4 nitrogen and oxygen atoms in total. The quantitative estimate of drug-likeness (QED) is 0.747. The van der Waals surface area contributed by atoms with Gasteiger partial charge in [0.2, 0.25) is 5.91 Å². The molecule has 0 fully saturated rings. The average molecular weight is 271 g/mol. The number of nitrogen functional groups attached to an aromatic ring is 2. The van der Waals surface area contributed by atoms with Gasteiger partial charge in [0.1, 0.15) is 0 Å². The fraction of sp³-hybridized carbons (Fsp3) is 0.312. The van der Waals surface area contributed by atoms with E-state index in [1.807, 2.05) is 44.2 Å². The highest BCUT2D eigenvalue weighted by Gasteiger charge is 2.10. The number of hydrogen-bond acceptors (Lipinski definition) is 3. The SMILES string of the molecule is CC(C)NC(=O)CCc1cc(N)c2ccccc2c1N. The molecular formula is C16H21N3O. The Morgan fingerprint density at radius 3 is 2.50 bits per heavy atom. The molecule has 0 radical (unpaired) electrons. The van der Waals surface area contributed by atoms with E-state index in [0.29, 0.717) is 24.2 Å². The number of nitrogens with two attached hydrogens (primary N) is 2. The normalized spacial score (nSPS) is 10.9. The van der Waals surface area contributed by atoms with Crippen molar-refractivity contribution in [1.82, 2.24) is 5.32 Å². The molecule has 106 valence electrons. The third kappa shape index (κ3) is 3.02. The van der Waals surface area contributed by atoms with Crippen molar-refractivity contribution in [1.29, 1.82) is 0 Å². The summed E-state index contributed by atoms with van der Waals surface area (Å²) in [7, 11) is 0. The molecule has 0 spiro atoms. The van der Waals surface area contributed by atoms with Crippen LogP contribution in [-0.2, 0) is 11.2 Å². The molecule has 0 saturated carbocycles. The summed E-state index contributed by atoms with van der Waals surface area (Å²) in [5, 5.41) is 4.78. The van der Waals surface area contributed by atoms with Gasteiger partial charge in [-0.05, 0) is 31.9 Å². The van der Waals surface area contributed by atoms with Crippen LogP contribution in [0.15, 0.2) is 30.3 Å². The molecule has 0 aliphatic carbocycles. The zero-order chi connectivity index (χ0) is 14.7. The molecule has 2 aromatic rings. The Labute approximate surface area is 119 Å². The van der Waals surface area contributed by atoms with Gasteiger partial charge in [-0.3, -0.25) is 4.79 Å². The van der Waals surface area contributed by atoms with Gasteiger partial charge in [-0.25, -0.2) is 0 Å². The lowest BCUT2D eigenvalue weighted by Crippen LogP contribution is -2.30. The molecule has 0 aliphatic rings. The molecule has 2 aromatic carbocycles. The van der Waals surface area contributed by atoms with Gasteiger partial charge in [0, 0.05) is 34.6 Å². The Morgan fingerprint density at radius 1 is 1.20 bits per heavy atom. The summed E-state index contributed by atoms with van der Waals surface area (Å²) in [5.41, 5.74) is 14.6. The van der Waals surface area contributed by atoms with Crippen molar-refractivity contribution >= 4 is 28.1 Å². The van der Waals surface area contributed by atoms with E-state index in [4.69, 9.17) is 11.5 Å². The molecule has 0 aromatic heterocycles. The largest absolute Gasteiger partial charge is 0.398 e. The molecule has 0 aliphatic heterocycles. The average Bonchev–Trinajstić information content (AvgIpc) is 2.40. The van der Waals surface area contributed by atoms with Gasteiger partial charge in [-0.15, -0.1) is 0 Å². The lowest BCUT2D eigenvalue weighted by molar-refractivity contribution is -0.121. The van der Waals surface area contributed by atoms with E-state index in [9.17, 15) is 4.79 Å². The molecule has 0 unspecified atom stereocenters. The Bertz CT molecular complexity index is 635. The van der Waals surface area contributed by atoms with Gasteiger partial charge >= 0.3 is 0 Å². The molecule has 4 heteroatoms. The first-order valence-electron chi connectivity index (χ1n) is 6.84. The lowest BCUT2D eigenvalue weighted by Gasteiger charge is -2.12. The van der Waals surface area contributed by atoms with E-state index in [0.717, 1.165) is 16.3 Å². The summed E-state index contributed by atoms with van der Waals surface area (Å²) in [6.45, 7) is 3.89. The second-order valence-corrected chi connectivity index (χ2v) is 5.31. The second kappa shape index (κ2) is 5.82. The van der Waals surface area contributed by atoms with Crippen molar-refractivity contribution in [3.63, 3.8) is 0 Å². The Morgan fingerprint density at radius 2 is 1.85 bits per heavy atom. The van der Waals surface area contributed by atoms with Gasteiger partial charge < -0.3 is 16.8 Å². The Hall–Kier alpha value is -2.23. The van der Waals surface area contributed by atoms with E-state index in [1.54, 1.807) is 0 Å². The van der Waals surface area contributed by atoms with Crippen LogP contribution in [0, 0.1) is 0 Å². The number of aryl methyl sites for hydroxylation is 1. The minimum atomic E-state index is 0.0335. The number of hydrogen-bond donors (Lipinski definition) is 3. The lowest BCUT2D eigenvalue weighted by atomic mass is 9.99. The molecule has 5 N–H and O–H groups in total. The topological polar surface area (TPSA) is 81.1 Å². The summed E-state index contributed by atoms with van der Waals surface area (Å²) in [5.74, 6) is 0.0335. The highest BCUT2D eigenvalue weighted by Crippen LogP contribution is 2.30. The molecular weight excluding hydrogens is 250 g/mol. The number of rotatable bonds is 4. The molecule has 0 saturated heterocycles. The maximum absolute atomic E-state index is 11.7. The number of nitrogens with one attached hydrogen (secondary N) is 1. The Balaban J connectivity index is 2.23. The van der Waals surface area contributed by atoms with Crippen LogP contribution in [-0.4, -0.2) is 11.9 Å². The van der Waals surface area contributed by atoms with Crippen molar-refractivity contribution in [3.8, 4) is 0 Å². The van der Waals surface area contributed by atoms with E-state index in [-0.39, 0.29) is 11.9 Å². The van der Waals surface area contributed by atoms with Crippen LogP contribution in [0.25, 0.3) is 10.8 Å². The zero-order valence-electron chi connectivity index (χ0n) is 11.9. The predicted octanol–water partition coefficient (Wildman–Crippen LogP) is 2.46. The number of amides is 1. The first-order chi connectivity index (χ1) is 9.49. The first kappa shape index (κ1) is 14.2. The van der Waals surface area contributed by atoms with Crippen LogP contribution in [0.3, 0.4) is 0 Å². The van der Waals surface area contributed by atoms with Crippen LogP contribution < -0.4 is 16.8 Å². The minimum absolute atomic E-state index is 0.0335. The number of benzene rings is 2. The second-order valence-electron chi connectivity index (χ2n) is 5.31. The van der Waals surface area contributed by atoms with Gasteiger partial charge in [0.25, 0.3) is 0 Å². The summed E-state index contributed by atoms with van der Waals surface area (Å²) in [6, 6.07) is 9.82. The highest BCUT2D eigenvalue weighted by molar-refractivity contribution is 6.01. The third-order valence-electron chi connectivity index (χ3n) is 3.27. The minimum Gasteiger partial charge on any atom is -0.398 e. The molecule has 2 rings (SSSR count). The van der Waals surface area contributed by atoms with Crippen molar-refractivity contribution in [2.45, 2.75) is 32.7 Å². The molecule has 1 amide bonds. The molecule has 0 bridgehead atoms. The number of carbonyl (C=O) groups is 1. The number of fused-ring (bicyclic) bond motifs is 1. The standard InChI is InChI=1S/C16H21N3O/c1-10(2)19-15(20)8-7-11-9-14(17)12-5-3-4-6-13(12)16(11)18/h3-6,9-10H,7-8,17-18H2,1-2H3,(H,19,20). The van der Waals surface area contributed by atoms with Crippen LogP contribution >= 0.6 is 0 Å². The van der Waals surface area contributed by atoms with Crippen molar-refractivity contribution in [2.24, 2.45) is 0 Å². The fourth-order valence-electron chi connectivity index (χ4n) is 2.34. The summed E-state index contributed by atoms with van der Waals surface area (Å²) in [6.07, 6.45) is 1.01. The number of carbonyl (C=O) groups excluding carboxylic acids is 1. The summed E-state index contributed by atoms with van der Waals surface area (Å²) < 4.78 is 0. The summed E-state index contributed by atoms with van der Waals surface area (Å²) in [4.78, 5) is 11.7. The van der Waals surface area contributed by atoms with Gasteiger partial charge in [-0.2, -0.15) is 0 Å². The van der Waals surface area contributed by atoms with Gasteiger partial charge in [-0.1, -0.05) is 24.3 Å². The maximum Gasteiger partial charge on any atom is 0.220 e. The van der Waals surface area contributed by atoms with Crippen LogP contribution in [0.5, 0.6) is 0 Å². The van der Waals surface area contributed by atoms with E-state index in [1.165, 1.54) is 0 Å². The van der Waals surface area contributed by atoms with Gasteiger partial charge in [0.05, 0.1) is 0 Å². The predicted molar refractivity (Wildman–Crippen MR) is 84.4 cm³/mol. The van der Waals surface area contributed by atoms with Crippen LogP contribution in [0.4, 0.5) is 11.4 Å². The van der Waals surface area contributed by atoms with E-state index < -0.39 is 0 Å². The molecule has 0 atom stereocenters. The third-order valence-corrected chi connectivity index (χ3v) is 3.27. The highest BCUT2D eigenvalue weighted by atomic mass is 16.1. The van der Waals surface area contributed by atoms with Crippen molar-refractivity contribution in [3.05, 3.63) is 35.9 Å². The molecule has 20 heavy (non-hydrogen) atoms. The van der Waals surface area contributed by atoms with Crippen molar-refractivity contribution in [2.75, 3.05) is 11.5 Å². The Kier molecular flexibility index (Phi) is 4.13. The zero-order valence-corrected chi connectivity index (χ0v) is 11.9. The van der Waals surface area contributed by atoms with Crippen LogP contribution in [0.2, 0.25) is 0 Å². The smallest absolute Gasteiger partial charge is 0.220 e. The van der Waals surface area contributed by atoms with E-state index in [2.05, 4.69) is 5.32 Å².